The zero-order valence-corrected chi connectivity index (χ0v) is 12.4. The van der Waals surface area contributed by atoms with Crippen LogP contribution in [0.1, 0.15) is 51.9 Å². The van der Waals surface area contributed by atoms with Crippen molar-refractivity contribution >= 4 is 11.8 Å². The monoisotopic (exact) mass is 282 g/mol. The van der Waals surface area contributed by atoms with Crippen molar-refractivity contribution in [2.75, 3.05) is 19.7 Å². The van der Waals surface area contributed by atoms with E-state index >= 15 is 0 Å². The summed E-state index contributed by atoms with van der Waals surface area (Å²) in [5, 5.41) is 2.77. The number of hydrogen-bond acceptors (Lipinski definition) is 3. The van der Waals surface area contributed by atoms with E-state index in [1.807, 2.05) is 6.92 Å². The van der Waals surface area contributed by atoms with Crippen molar-refractivity contribution in [1.29, 1.82) is 0 Å². The maximum atomic E-state index is 12.2. The molecule has 0 bridgehead atoms. The summed E-state index contributed by atoms with van der Waals surface area (Å²) in [5.41, 5.74) is 0. The Bertz CT molecular complexity index is 340. The van der Waals surface area contributed by atoms with Crippen LogP contribution in [0.3, 0.4) is 0 Å². The summed E-state index contributed by atoms with van der Waals surface area (Å²) in [7, 11) is 0. The molecule has 20 heavy (non-hydrogen) atoms. The number of carbonyl (C=O) groups is 2. The lowest BCUT2D eigenvalue weighted by Gasteiger charge is -2.33. The van der Waals surface area contributed by atoms with E-state index in [9.17, 15) is 9.59 Å². The topological polar surface area (TPSA) is 58.6 Å². The van der Waals surface area contributed by atoms with E-state index in [1.54, 1.807) is 4.90 Å². The van der Waals surface area contributed by atoms with E-state index in [0.29, 0.717) is 25.7 Å². The van der Waals surface area contributed by atoms with Gasteiger partial charge in [-0.05, 0) is 19.3 Å². The first-order chi connectivity index (χ1) is 9.70. The Hall–Kier alpha value is -1.10. The largest absolute Gasteiger partial charge is 0.376 e. The van der Waals surface area contributed by atoms with Gasteiger partial charge in [0.1, 0.15) is 6.04 Å². The van der Waals surface area contributed by atoms with Crippen LogP contribution in [0.15, 0.2) is 0 Å². The number of nitrogens with zero attached hydrogens (tertiary/aromatic N) is 1. The molecule has 1 heterocycles. The zero-order chi connectivity index (χ0) is 14.4. The molecule has 2 aliphatic rings. The Morgan fingerprint density at radius 1 is 1.25 bits per heavy atom. The molecule has 0 radical (unpaired) electrons. The Kier molecular flexibility index (Phi) is 5.83. The van der Waals surface area contributed by atoms with Crippen LogP contribution in [0.2, 0.25) is 0 Å². The van der Waals surface area contributed by atoms with Gasteiger partial charge < -0.3 is 15.0 Å². The van der Waals surface area contributed by atoms with Crippen LogP contribution in [0.4, 0.5) is 0 Å². The zero-order valence-electron chi connectivity index (χ0n) is 12.4. The lowest BCUT2D eigenvalue weighted by atomic mass is 9.98. The summed E-state index contributed by atoms with van der Waals surface area (Å²) in [6.07, 6.45) is 8.02. The van der Waals surface area contributed by atoms with Gasteiger partial charge in [-0.2, -0.15) is 0 Å². The molecule has 0 aromatic rings. The van der Waals surface area contributed by atoms with Gasteiger partial charge in [0, 0.05) is 6.54 Å². The van der Waals surface area contributed by atoms with Crippen molar-refractivity contribution in [1.82, 2.24) is 10.2 Å². The lowest BCUT2D eigenvalue weighted by molar-refractivity contribution is -0.145. The summed E-state index contributed by atoms with van der Waals surface area (Å²) >= 11 is 0. The normalized spacial score (nSPS) is 24.9. The number of amides is 2. The minimum absolute atomic E-state index is 0.0405. The van der Waals surface area contributed by atoms with Crippen molar-refractivity contribution in [3.8, 4) is 0 Å². The fourth-order valence-corrected chi connectivity index (χ4v) is 3.01. The molecule has 114 valence electrons. The van der Waals surface area contributed by atoms with Gasteiger partial charge in [0.25, 0.3) is 0 Å². The summed E-state index contributed by atoms with van der Waals surface area (Å²) in [6, 6.07) is -0.337. The molecular formula is C15H26N2O3. The number of piperazine rings is 1. The Balaban J connectivity index is 1.75. The molecule has 1 saturated heterocycles. The second kappa shape index (κ2) is 7.62. The quantitative estimate of drug-likeness (QED) is 0.802. The predicted octanol–water partition coefficient (Wildman–Crippen LogP) is 1.46. The summed E-state index contributed by atoms with van der Waals surface area (Å²) in [6.45, 7) is 3.27. The van der Waals surface area contributed by atoms with Gasteiger partial charge in [0.15, 0.2) is 0 Å². The molecule has 2 fully saturated rings. The molecule has 1 atom stereocenters. The smallest absolute Gasteiger partial charge is 0.245 e. The number of ether oxygens (including phenoxy) is 1. The average Bonchev–Trinajstić information content (AvgIpc) is 2.45. The highest BCUT2D eigenvalue weighted by Gasteiger charge is 2.31. The lowest BCUT2D eigenvalue weighted by Crippen LogP contribution is -2.58. The molecule has 1 N–H and O–H groups in total. The van der Waals surface area contributed by atoms with E-state index in [1.165, 1.54) is 19.3 Å². The van der Waals surface area contributed by atoms with Crippen molar-refractivity contribution < 1.29 is 14.3 Å². The molecule has 5 heteroatoms. The molecule has 0 spiro atoms. The van der Waals surface area contributed by atoms with Gasteiger partial charge >= 0.3 is 0 Å². The van der Waals surface area contributed by atoms with Gasteiger partial charge in [0.05, 0.1) is 19.3 Å². The van der Waals surface area contributed by atoms with E-state index in [-0.39, 0.29) is 24.4 Å². The molecule has 0 aromatic heterocycles. The van der Waals surface area contributed by atoms with Crippen molar-refractivity contribution in [3.05, 3.63) is 0 Å². The van der Waals surface area contributed by atoms with Crippen LogP contribution < -0.4 is 5.32 Å². The van der Waals surface area contributed by atoms with Gasteiger partial charge in [-0.3, -0.25) is 9.59 Å². The maximum Gasteiger partial charge on any atom is 0.245 e. The van der Waals surface area contributed by atoms with Crippen LogP contribution in [0, 0.1) is 0 Å². The third-order valence-electron chi connectivity index (χ3n) is 4.12. The molecule has 5 nitrogen and oxygen atoms in total. The van der Waals surface area contributed by atoms with Crippen LogP contribution in [-0.4, -0.2) is 48.6 Å². The second-order valence-electron chi connectivity index (χ2n) is 5.80. The Morgan fingerprint density at radius 3 is 2.70 bits per heavy atom. The van der Waals surface area contributed by atoms with Crippen molar-refractivity contribution in [2.24, 2.45) is 0 Å². The SMILES string of the molecule is CCCC1NC(=O)CN(CCOC2CCCCC2)C1=O. The highest BCUT2D eigenvalue weighted by molar-refractivity contribution is 5.94. The summed E-state index contributed by atoms with van der Waals surface area (Å²) in [5.74, 6) is -0.0144. The van der Waals surface area contributed by atoms with Gasteiger partial charge in [0.2, 0.25) is 11.8 Å². The van der Waals surface area contributed by atoms with E-state index in [0.717, 1.165) is 19.3 Å². The first-order valence-electron chi connectivity index (χ1n) is 7.90. The minimum atomic E-state index is -0.337. The third kappa shape index (κ3) is 4.20. The molecular weight excluding hydrogens is 256 g/mol. The minimum Gasteiger partial charge on any atom is -0.376 e. The van der Waals surface area contributed by atoms with Crippen molar-refractivity contribution in [2.45, 2.75) is 64.0 Å². The van der Waals surface area contributed by atoms with Crippen LogP contribution in [0.25, 0.3) is 0 Å². The Morgan fingerprint density at radius 2 is 2.00 bits per heavy atom. The molecule has 1 aliphatic carbocycles. The highest BCUT2D eigenvalue weighted by atomic mass is 16.5. The standard InChI is InChI=1S/C15H26N2O3/c1-2-6-13-15(19)17(11-14(18)16-13)9-10-20-12-7-4-3-5-8-12/h12-13H,2-11H2,1H3,(H,16,18). The summed E-state index contributed by atoms with van der Waals surface area (Å²) < 4.78 is 5.84. The van der Waals surface area contributed by atoms with Gasteiger partial charge in [-0.15, -0.1) is 0 Å². The van der Waals surface area contributed by atoms with Crippen molar-refractivity contribution in [3.63, 3.8) is 0 Å². The van der Waals surface area contributed by atoms with E-state index in [4.69, 9.17) is 4.74 Å². The average molecular weight is 282 g/mol. The Labute approximate surface area is 121 Å². The molecule has 1 aliphatic heterocycles. The molecule has 2 amide bonds. The number of hydrogen-bond donors (Lipinski definition) is 1. The fourth-order valence-electron chi connectivity index (χ4n) is 3.01. The number of rotatable bonds is 6. The first kappa shape index (κ1) is 15.3. The van der Waals surface area contributed by atoms with Gasteiger partial charge in [-0.1, -0.05) is 32.6 Å². The van der Waals surface area contributed by atoms with Crippen LogP contribution in [-0.2, 0) is 14.3 Å². The molecule has 1 saturated carbocycles. The maximum absolute atomic E-state index is 12.2. The van der Waals surface area contributed by atoms with E-state index in [2.05, 4.69) is 5.32 Å². The van der Waals surface area contributed by atoms with Crippen LogP contribution in [0.5, 0.6) is 0 Å². The fraction of sp³-hybridized carbons (Fsp3) is 0.867. The van der Waals surface area contributed by atoms with E-state index < -0.39 is 0 Å². The predicted molar refractivity (Wildman–Crippen MR) is 76.2 cm³/mol. The molecule has 2 rings (SSSR count). The second-order valence-corrected chi connectivity index (χ2v) is 5.80. The highest BCUT2D eigenvalue weighted by Crippen LogP contribution is 2.20. The van der Waals surface area contributed by atoms with Crippen LogP contribution >= 0.6 is 0 Å². The number of carbonyl (C=O) groups excluding carboxylic acids is 2. The first-order valence-corrected chi connectivity index (χ1v) is 7.90. The van der Waals surface area contributed by atoms with Gasteiger partial charge in [-0.25, -0.2) is 0 Å². The third-order valence-corrected chi connectivity index (χ3v) is 4.12. The number of nitrogens with one attached hydrogen (secondary N) is 1. The summed E-state index contributed by atoms with van der Waals surface area (Å²) in [4.78, 5) is 25.5. The molecule has 1 unspecified atom stereocenters. The molecule has 0 aromatic carbocycles.